The number of benzene rings is 1. The van der Waals surface area contributed by atoms with Gasteiger partial charge in [-0.2, -0.15) is 0 Å². The molecular formula is C25H22F2N4O2. The standard InChI is InChI=1S/C25H22F2N4O2/c1-15-4-6-31-22(11-18-13-28-5-7-33-18)25(30-23(31)8-15)24-19(26)9-17(10-20(24)27)21-3-2-16(14-32)12-29-21/h2-4,6,8-10,12,14,18,28H,5,7,11,13H2,1H3. The first-order valence-corrected chi connectivity index (χ1v) is 10.7. The van der Waals surface area contributed by atoms with E-state index in [9.17, 15) is 4.79 Å². The molecule has 0 aliphatic carbocycles. The predicted molar refractivity (Wildman–Crippen MR) is 120 cm³/mol. The van der Waals surface area contributed by atoms with Crippen molar-refractivity contribution in [3.63, 3.8) is 0 Å². The highest BCUT2D eigenvalue weighted by atomic mass is 19.1. The van der Waals surface area contributed by atoms with Crippen molar-refractivity contribution in [2.45, 2.75) is 19.4 Å². The fourth-order valence-electron chi connectivity index (χ4n) is 4.15. The van der Waals surface area contributed by atoms with Gasteiger partial charge >= 0.3 is 0 Å². The molecule has 1 N–H and O–H groups in total. The summed E-state index contributed by atoms with van der Waals surface area (Å²) in [7, 11) is 0. The van der Waals surface area contributed by atoms with Crippen LogP contribution in [-0.2, 0) is 11.2 Å². The number of carbonyl (C=O) groups excluding carboxylic acids is 1. The lowest BCUT2D eigenvalue weighted by Crippen LogP contribution is -2.39. The number of aldehydes is 1. The summed E-state index contributed by atoms with van der Waals surface area (Å²) in [5, 5.41) is 3.29. The Kier molecular flexibility index (Phi) is 5.70. The molecule has 4 heterocycles. The number of halogens is 2. The van der Waals surface area contributed by atoms with E-state index in [0.29, 0.717) is 48.5 Å². The molecule has 1 aromatic carbocycles. The molecule has 5 rings (SSSR count). The number of nitrogens with one attached hydrogen (secondary N) is 1. The molecule has 3 aromatic heterocycles. The van der Waals surface area contributed by atoms with Crippen LogP contribution in [0.2, 0.25) is 0 Å². The summed E-state index contributed by atoms with van der Waals surface area (Å²) in [6.45, 7) is 3.97. The minimum Gasteiger partial charge on any atom is -0.375 e. The van der Waals surface area contributed by atoms with E-state index in [0.717, 1.165) is 12.1 Å². The van der Waals surface area contributed by atoms with Gasteiger partial charge < -0.3 is 14.5 Å². The van der Waals surface area contributed by atoms with Crippen LogP contribution in [0, 0.1) is 18.6 Å². The van der Waals surface area contributed by atoms with Gasteiger partial charge in [-0.25, -0.2) is 13.8 Å². The van der Waals surface area contributed by atoms with Crippen molar-refractivity contribution in [3.05, 3.63) is 77.2 Å². The molecule has 8 heteroatoms. The Hall–Kier alpha value is -3.49. The van der Waals surface area contributed by atoms with Crippen LogP contribution in [0.5, 0.6) is 0 Å². The lowest BCUT2D eigenvalue weighted by molar-refractivity contribution is 0.0286. The maximum Gasteiger partial charge on any atom is 0.151 e. The molecule has 168 valence electrons. The second-order valence-electron chi connectivity index (χ2n) is 8.15. The number of aryl methyl sites for hydroxylation is 1. The first kappa shape index (κ1) is 21.4. The van der Waals surface area contributed by atoms with E-state index in [1.165, 1.54) is 18.3 Å². The molecule has 0 bridgehead atoms. The molecule has 0 radical (unpaired) electrons. The number of carbonyl (C=O) groups is 1. The number of morpholine rings is 1. The van der Waals surface area contributed by atoms with Crippen molar-refractivity contribution in [1.29, 1.82) is 0 Å². The Balaban J connectivity index is 1.61. The highest BCUT2D eigenvalue weighted by molar-refractivity contribution is 5.76. The van der Waals surface area contributed by atoms with Crippen molar-refractivity contribution < 1.29 is 18.3 Å². The monoisotopic (exact) mass is 448 g/mol. The number of rotatable bonds is 5. The maximum atomic E-state index is 15.4. The number of aromatic nitrogens is 3. The predicted octanol–water partition coefficient (Wildman–Crippen LogP) is 3.99. The second kappa shape index (κ2) is 8.80. The van der Waals surface area contributed by atoms with E-state index < -0.39 is 11.6 Å². The quantitative estimate of drug-likeness (QED) is 0.468. The van der Waals surface area contributed by atoms with E-state index in [4.69, 9.17) is 4.74 Å². The zero-order chi connectivity index (χ0) is 22.9. The Morgan fingerprint density at radius 2 is 2.03 bits per heavy atom. The first-order chi connectivity index (χ1) is 16.0. The second-order valence-corrected chi connectivity index (χ2v) is 8.15. The summed E-state index contributed by atoms with van der Waals surface area (Å²) in [6, 6.07) is 9.43. The zero-order valence-corrected chi connectivity index (χ0v) is 18.0. The third-order valence-corrected chi connectivity index (χ3v) is 5.80. The molecule has 0 saturated carbocycles. The van der Waals surface area contributed by atoms with Gasteiger partial charge in [0, 0.05) is 43.0 Å². The van der Waals surface area contributed by atoms with Gasteiger partial charge in [-0.15, -0.1) is 0 Å². The minimum atomic E-state index is -0.727. The van der Waals surface area contributed by atoms with Crippen LogP contribution in [0.15, 0.2) is 48.8 Å². The number of fused-ring (bicyclic) bond motifs is 1. The zero-order valence-electron chi connectivity index (χ0n) is 18.0. The summed E-state index contributed by atoms with van der Waals surface area (Å²) < 4.78 is 38.5. The lowest BCUT2D eigenvalue weighted by atomic mass is 10.0. The SMILES string of the molecule is Cc1ccn2c(CC3CNCCO3)c(-c3c(F)cc(-c4ccc(C=O)cn4)cc3F)nc2c1. The van der Waals surface area contributed by atoms with Gasteiger partial charge in [-0.05, 0) is 48.9 Å². The van der Waals surface area contributed by atoms with Gasteiger partial charge in [0.1, 0.15) is 17.3 Å². The van der Waals surface area contributed by atoms with Gasteiger partial charge in [-0.3, -0.25) is 9.78 Å². The molecule has 4 aromatic rings. The number of hydrogen-bond acceptors (Lipinski definition) is 5. The Bertz CT molecular complexity index is 1310. The average molecular weight is 448 g/mol. The van der Waals surface area contributed by atoms with Crippen molar-refractivity contribution >= 4 is 11.9 Å². The minimum absolute atomic E-state index is 0.121. The third-order valence-electron chi connectivity index (χ3n) is 5.80. The molecule has 6 nitrogen and oxygen atoms in total. The topological polar surface area (TPSA) is 68.5 Å². The highest BCUT2D eigenvalue weighted by Gasteiger charge is 2.25. The van der Waals surface area contributed by atoms with Gasteiger partial charge in [0.05, 0.1) is 35.4 Å². The molecule has 1 saturated heterocycles. The largest absolute Gasteiger partial charge is 0.375 e. The molecule has 1 fully saturated rings. The van der Waals surface area contributed by atoms with E-state index in [1.54, 1.807) is 12.1 Å². The third kappa shape index (κ3) is 4.15. The van der Waals surface area contributed by atoms with Crippen molar-refractivity contribution in [3.8, 4) is 22.5 Å². The van der Waals surface area contributed by atoms with Crippen LogP contribution in [0.4, 0.5) is 8.78 Å². The average Bonchev–Trinajstić information content (AvgIpc) is 3.16. The smallest absolute Gasteiger partial charge is 0.151 e. The Labute approximate surface area is 189 Å². The van der Waals surface area contributed by atoms with Gasteiger partial charge in [0.2, 0.25) is 0 Å². The molecule has 1 unspecified atom stereocenters. The molecule has 0 spiro atoms. The molecule has 1 atom stereocenters. The van der Waals surface area contributed by atoms with Crippen molar-refractivity contribution in [2.24, 2.45) is 0 Å². The Morgan fingerprint density at radius 3 is 2.70 bits per heavy atom. The molecule has 1 aliphatic rings. The number of hydrogen-bond donors (Lipinski definition) is 1. The fourth-order valence-corrected chi connectivity index (χ4v) is 4.15. The van der Waals surface area contributed by atoms with Gasteiger partial charge in [0.25, 0.3) is 0 Å². The summed E-state index contributed by atoms with van der Waals surface area (Å²) in [5.41, 5.74) is 3.45. The lowest BCUT2D eigenvalue weighted by Gasteiger charge is -2.24. The molecular weight excluding hydrogens is 426 g/mol. The summed E-state index contributed by atoms with van der Waals surface area (Å²) >= 11 is 0. The van der Waals surface area contributed by atoms with E-state index >= 15 is 8.78 Å². The maximum absolute atomic E-state index is 15.4. The number of nitrogens with zero attached hydrogens (tertiary/aromatic N) is 3. The van der Waals surface area contributed by atoms with Crippen molar-refractivity contribution in [2.75, 3.05) is 19.7 Å². The normalized spacial score (nSPS) is 16.3. The summed E-state index contributed by atoms with van der Waals surface area (Å²) in [4.78, 5) is 19.6. The van der Waals surface area contributed by atoms with E-state index in [1.807, 2.05) is 29.7 Å². The van der Waals surface area contributed by atoms with E-state index in [-0.39, 0.29) is 22.9 Å². The van der Waals surface area contributed by atoms with Crippen LogP contribution >= 0.6 is 0 Å². The van der Waals surface area contributed by atoms with E-state index in [2.05, 4.69) is 15.3 Å². The van der Waals surface area contributed by atoms with Crippen LogP contribution in [0.1, 0.15) is 21.6 Å². The number of imidazole rings is 1. The first-order valence-electron chi connectivity index (χ1n) is 10.7. The van der Waals surface area contributed by atoms with Crippen LogP contribution < -0.4 is 5.32 Å². The molecule has 0 amide bonds. The van der Waals surface area contributed by atoms with Gasteiger partial charge in [0.15, 0.2) is 6.29 Å². The summed E-state index contributed by atoms with van der Waals surface area (Å²) in [5.74, 6) is -1.45. The summed E-state index contributed by atoms with van der Waals surface area (Å²) in [6.07, 6.45) is 4.24. The van der Waals surface area contributed by atoms with Crippen LogP contribution in [0.25, 0.3) is 28.2 Å². The number of pyridine rings is 2. The van der Waals surface area contributed by atoms with Crippen molar-refractivity contribution in [1.82, 2.24) is 19.7 Å². The molecule has 1 aliphatic heterocycles. The highest BCUT2D eigenvalue weighted by Crippen LogP contribution is 2.33. The Morgan fingerprint density at radius 1 is 1.21 bits per heavy atom. The van der Waals surface area contributed by atoms with Gasteiger partial charge in [-0.1, -0.05) is 0 Å². The molecule has 33 heavy (non-hydrogen) atoms. The fraction of sp³-hybridized carbons (Fsp3) is 0.240. The van der Waals surface area contributed by atoms with Crippen LogP contribution in [0.3, 0.4) is 0 Å². The van der Waals surface area contributed by atoms with Crippen LogP contribution in [-0.4, -0.2) is 46.5 Å². The number of ether oxygens (including phenoxy) is 1.